The molecule has 0 heterocycles. The first kappa shape index (κ1) is 22.8. The van der Waals surface area contributed by atoms with Crippen LogP contribution in [0.1, 0.15) is 5.56 Å². The first-order valence-electron chi connectivity index (χ1n) is 10.6. The van der Waals surface area contributed by atoms with E-state index in [1.54, 1.807) is 19.3 Å². The fourth-order valence-corrected chi connectivity index (χ4v) is 4.23. The van der Waals surface area contributed by atoms with Gasteiger partial charge in [0.25, 0.3) is 0 Å². The maximum atomic E-state index is 9.69. The summed E-state index contributed by atoms with van der Waals surface area (Å²) in [5.74, 6) is 2.03. The molecule has 1 aliphatic carbocycles. The fourth-order valence-electron chi connectivity index (χ4n) is 3.13. The van der Waals surface area contributed by atoms with Gasteiger partial charge in [0.1, 0.15) is 0 Å². The topological polar surface area (TPSA) is 73.1 Å². The molecule has 7 heteroatoms. The van der Waals surface area contributed by atoms with Crippen molar-refractivity contribution in [1.29, 1.82) is 5.26 Å². The van der Waals surface area contributed by atoms with Crippen LogP contribution < -0.4 is 13.8 Å². The van der Waals surface area contributed by atoms with Gasteiger partial charge in [-0.15, -0.1) is 0 Å². The molecule has 0 aliphatic heterocycles. The number of benzene rings is 3. The summed E-state index contributed by atoms with van der Waals surface area (Å²) < 4.78 is 22.8. The van der Waals surface area contributed by atoms with E-state index >= 15 is 0 Å². The number of allylic oxidation sites excluding steroid dienone is 6. The monoisotopic (exact) mass is 470 g/mol. The molecule has 0 aromatic heterocycles. The first-order valence-corrected chi connectivity index (χ1v) is 12.0. The molecule has 1 aliphatic rings. The van der Waals surface area contributed by atoms with Crippen LogP contribution in [0.25, 0.3) is 5.57 Å². The van der Waals surface area contributed by atoms with Crippen molar-refractivity contribution in [2.75, 3.05) is 7.11 Å². The van der Waals surface area contributed by atoms with Crippen molar-refractivity contribution in [3.63, 3.8) is 0 Å². The number of hydrogen-bond acceptors (Lipinski definition) is 6. The zero-order chi connectivity index (χ0) is 23.6. The van der Waals surface area contributed by atoms with Gasteiger partial charge in [0.15, 0.2) is 0 Å². The standard InChI is InChI=1S/C27H23N2O4P/c1-30-24-18-14-22(15-19-24)27(20-28)21-12-16-23(17-13-21)29-33-34(31-25-8-4-2-5-9-25)32-26-10-6-3-7-11-26/h2-19H,34H2,1H3. The molecule has 0 saturated heterocycles. The molecule has 0 atom stereocenters. The number of rotatable bonds is 8. The molecule has 0 bridgehead atoms. The predicted molar refractivity (Wildman–Crippen MR) is 136 cm³/mol. The molecule has 4 rings (SSSR count). The summed E-state index contributed by atoms with van der Waals surface area (Å²) in [5, 5.41) is 13.9. The maximum absolute atomic E-state index is 9.69. The van der Waals surface area contributed by atoms with E-state index in [2.05, 4.69) is 11.2 Å². The van der Waals surface area contributed by atoms with E-state index < -0.39 is 8.60 Å². The zero-order valence-electron chi connectivity index (χ0n) is 18.5. The number of methoxy groups -OCH3 is 1. The third-order valence-electron chi connectivity index (χ3n) is 4.84. The van der Waals surface area contributed by atoms with Gasteiger partial charge in [0, 0.05) is 0 Å². The van der Waals surface area contributed by atoms with Gasteiger partial charge in [-0.2, -0.15) is 0 Å². The van der Waals surface area contributed by atoms with Crippen LogP contribution >= 0.6 is 8.60 Å². The van der Waals surface area contributed by atoms with Crippen LogP contribution in [0.5, 0.6) is 17.2 Å². The number of nitrogens with zero attached hydrogens (tertiary/aromatic N) is 2. The second-order valence-corrected chi connectivity index (χ2v) is 8.37. The average Bonchev–Trinajstić information content (AvgIpc) is 2.90. The Hall–Kier alpha value is -4.33. The molecule has 0 fully saturated rings. The number of oxime groups is 1. The van der Waals surface area contributed by atoms with Gasteiger partial charge in [-0.05, 0) is 0 Å². The van der Waals surface area contributed by atoms with Gasteiger partial charge in [0.2, 0.25) is 0 Å². The third kappa shape index (κ3) is 6.13. The van der Waals surface area contributed by atoms with Crippen molar-refractivity contribution in [2.24, 2.45) is 5.16 Å². The molecule has 34 heavy (non-hydrogen) atoms. The minimum absolute atomic E-state index is 0.558. The summed E-state index contributed by atoms with van der Waals surface area (Å²) in [6, 6.07) is 28.3. The Bertz CT molecular complexity index is 1200. The van der Waals surface area contributed by atoms with Crippen LogP contribution in [0.3, 0.4) is 0 Å². The predicted octanol–water partition coefficient (Wildman–Crippen LogP) is 6.32. The molecule has 0 saturated carbocycles. The van der Waals surface area contributed by atoms with Gasteiger partial charge in [-0.25, -0.2) is 0 Å². The Morgan fingerprint density at radius 3 is 1.79 bits per heavy atom. The molecule has 6 nitrogen and oxygen atoms in total. The van der Waals surface area contributed by atoms with E-state index in [1.165, 1.54) is 0 Å². The molecule has 0 radical (unpaired) electrons. The quantitative estimate of drug-likeness (QED) is 0.219. The normalized spacial score (nSPS) is 12.4. The molecular formula is C27H23N2O4P. The van der Waals surface area contributed by atoms with Crippen molar-refractivity contribution in [1.82, 2.24) is 0 Å². The van der Waals surface area contributed by atoms with Crippen LogP contribution in [-0.2, 0) is 4.62 Å². The fraction of sp³-hybridized carbons (Fsp3) is 0.0370. The number of para-hydroxylation sites is 2. The minimum atomic E-state index is -2.69. The van der Waals surface area contributed by atoms with Crippen LogP contribution in [0.15, 0.2) is 120 Å². The molecule has 0 amide bonds. The Balaban J connectivity index is 1.49. The second kappa shape index (κ2) is 11.5. The van der Waals surface area contributed by atoms with Crippen molar-refractivity contribution >= 4 is 19.9 Å². The Morgan fingerprint density at radius 1 is 0.735 bits per heavy atom. The molecular weight excluding hydrogens is 447 g/mol. The van der Waals surface area contributed by atoms with E-state index in [4.69, 9.17) is 18.4 Å². The molecule has 3 aromatic rings. The summed E-state index contributed by atoms with van der Waals surface area (Å²) in [6.45, 7) is 0. The molecule has 3 aromatic carbocycles. The van der Waals surface area contributed by atoms with Crippen LogP contribution in [-0.4, -0.2) is 12.8 Å². The van der Waals surface area contributed by atoms with Crippen molar-refractivity contribution in [3.05, 3.63) is 120 Å². The van der Waals surface area contributed by atoms with Gasteiger partial charge >= 0.3 is 192 Å². The molecule has 0 N–H and O–H groups in total. The van der Waals surface area contributed by atoms with Gasteiger partial charge in [0.05, 0.1) is 7.11 Å². The van der Waals surface area contributed by atoms with E-state index in [0.717, 1.165) is 16.9 Å². The average molecular weight is 470 g/mol. The van der Waals surface area contributed by atoms with Crippen LogP contribution in [0.4, 0.5) is 0 Å². The Labute approximate surface area is 199 Å². The summed E-state index contributed by atoms with van der Waals surface area (Å²) >= 11 is 0. The van der Waals surface area contributed by atoms with Gasteiger partial charge in [-0.1, -0.05) is 0 Å². The summed E-state index contributed by atoms with van der Waals surface area (Å²) in [6.07, 6.45) is 7.23. The molecule has 0 unspecified atom stereocenters. The van der Waals surface area contributed by atoms with Crippen molar-refractivity contribution in [3.8, 4) is 23.3 Å². The third-order valence-corrected chi connectivity index (χ3v) is 6.05. The number of ether oxygens (including phenoxy) is 1. The van der Waals surface area contributed by atoms with E-state index in [1.807, 2.05) is 97.1 Å². The van der Waals surface area contributed by atoms with Gasteiger partial charge < -0.3 is 0 Å². The summed E-state index contributed by atoms with van der Waals surface area (Å²) in [5.41, 5.74) is 2.73. The summed E-state index contributed by atoms with van der Waals surface area (Å²) in [4.78, 5) is 0. The van der Waals surface area contributed by atoms with E-state index in [0.29, 0.717) is 22.8 Å². The Kier molecular flexibility index (Phi) is 7.74. The Morgan fingerprint density at radius 2 is 1.29 bits per heavy atom. The number of hydrogen-bond donors (Lipinski definition) is 0. The van der Waals surface area contributed by atoms with Crippen LogP contribution in [0.2, 0.25) is 0 Å². The second-order valence-electron chi connectivity index (χ2n) is 7.11. The summed E-state index contributed by atoms with van der Waals surface area (Å²) in [7, 11) is -1.08. The molecule has 0 spiro atoms. The van der Waals surface area contributed by atoms with Crippen LogP contribution in [0, 0.1) is 11.3 Å². The SMILES string of the molecule is COc1ccc(C(C#N)=C2C=CC(=NO[PH2](Oc3ccccc3)Oc3ccccc3)C=C2)cc1. The van der Waals surface area contributed by atoms with E-state index in [9.17, 15) is 5.26 Å². The van der Waals surface area contributed by atoms with Crippen molar-refractivity contribution < 1.29 is 18.4 Å². The molecule has 170 valence electrons. The zero-order valence-corrected chi connectivity index (χ0v) is 19.7. The van der Waals surface area contributed by atoms with E-state index in [-0.39, 0.29) is 0 Å². The first-order chi connectivity index (χ1) is 16.7. The van der Waals surface area contributed by atoms with Crippen molar-refractivity contribution in [2.45, 2.75) is 0 Å². The van der Waals surface area contributed by atoms with Gasteiger partial charge in [-0.3, -0.25) is 0 Å². The number of nitriles is 1.